The van der Waals surface area contributed by atoms with Crippen molar-refractivity contribution >= 4 is 40.8 Å². The van der Waals surface area contributed by atoms with Crippen LogP contribution in [-0.4, -0.2) is 38.8 Å². The van der Waals surface area contributed by atoms with Crippen molar-refractivity contribution in [2.24, 2.45) is 10.1 Å². The highest BCUT2D eigenvalue weighted by Gasteiger charge is 2.13. The molecule has 0 aliphatic carbocycles. The molecule has 0 atom stereocenters. The number of aromatic nitrogens is 1. The van der Waals surface area contributed by atoms with Gasteiger partial charge >= 0.3 is 0 Å². The maximum Gasteiger partial charge on any atom is 0.206 e. The van der Waals surface area contributed by atoms with E-state index in [0.29, 0.717) is 44.2 Å². The predicted octanol–water partition coefficient (Wildman–Crippen LogP) is 5.52. The molecule has 6 nitrogen and oxygen atoms in total. The lowest BCUT2D eigenvalue weighted by atomic mass is 10.2. The highest BCUT2D eigenvalue weighted by Crippen LogP contribution is 2.34. The number of benzene rings is 2. The third-order valence-electron chi connectivity index (χ3n) is 4.29. The Morgan fingerprint density at radius 3 is 2.42 bits per heavy atom. The number of nitrogens with zero attached hydrogens (tertiary/aromatic N) is 3. The fraction of sp³-hybridized carbons (Fsp3) is 0.182. The van der Waals surface area contributed by atoms with Crippen molar-refractivity contribution in [2.45, 2.75) is 0 Å². The summed E-state index contributed by atoms with van der Waals surface area (Å²) in [6.07, 6.45) is 3.39. The summed E-state index contributed by atoms with van der Waals surface area (Å²) in [4.78, 5) is 5.22. The Balaban J connectivity index is 2.16. The first kappa shape index (κ1) is 22.9. The van der Waals surface area contributed by atoms with Crippen molar-refractivity contribution < 1.29 is 14.2 Å². The number of methoxy groups -OCH3 is 3. The molecule has 0 saturated heterocycles. The third-order valence-corrected chi connectivity index (χ3v) is 5.71. The zero-order valence-electron chi connectivity index (χ0n) is 17.3. The fourth-order valence-corrected chi connectivity index (χ4v) is 4.04. The molecule has 1 aromatic heterocycles. The first-order chi connectivity index (χ1) is 15.0. The van der Waals surface area contributed by atoms with Gasteiger partial charge in [-0.15, -0.1) is 17.9 Å². The summed E-state index contributed by atoms with van der Waals surface area (Å²) < 4.78 is 18.0. The minimum atomic E-state index is 0.457. The Kier molecular flexibility index (Phi) is 7.79. The highest BCUT2D eigenvalue weighted by molar-refractivity contribution is 7.07. The Bertz CT molecular complexity index is 1190. The van der Waals surface area contributed by atoms with Crippen LogP contribution in [0.3, 0.4) is 0 Å². The van der Waals surface area contributed by atoms with Gasteiger partial charge in [0, 0.05) is 27.6 Å². The van der Waals surface area contributed by atoms with Crippen LogP contribution >= 0.6 is 34.5 Å². The van der Waals surface area contributed by atoms with Crippen LogP contribution in [-0.2, 0) is 0 Å². The Labute approximate surface area is 194 Å². The molecule has 0 bridgehead atoms. The Hall–Kier alpha value is -2.74. The van der Waals surface area contributed by atoms with E-state index in [0.717, 1.165) is 11.3 Å². The molecule has 1 heterocycles. The number of hydrogen-bond acceptors (Lipinski definition) is 6. The lowest BCUT2D eigenvalue weighted by molar-refractivity contribution is 0.349. The van der Waals surface area contributed by atoms with Gasteiger partial charge < -0.3 is 14.2 Å². The molecule has 0 spiro atoms. The number of ether oxygens (including phenoxy) is 3. The van der Waals surface area contributed by atoms with Crippen molar-refractivity contribution in [1.82, 2.24) is 4.68 Å². The van der Waals surface area contributed by atoms with Crippen LogP contribution in [0.15, 0.2) is 58.5 Å². The van der Waals surface area contributed by atoms with Gasteiger partial charge in [0.2, 0.25) is 4.80 Å². The predicted molar refractivity (Wildman–Crippen MR) is 127 cm³/mol. The largest absolute Gasteiger partial charge is 0.496 e. The van der Waals surface area contributed by atoms with E-state index in [9.17, 15) is 0 Å². The summed E-state index contributed by atoms with van der Waals surface area (Å²) in [5.74, 6) is 1.71. The van der Waals surface area contributed by atoms with E-state index in [-0.39, 0.29) is 0 Å². The Morgan fingerprint density at radius 2 is 1.74 bits per heavy atom. The maximum absolute atomic E-state index is 6.44. The molecule has 0 aliphatic heterocycles. The maximum atomic E-state index is 6.44. The quantitative estimate of drug-likeness (QED) is 0.317. The molecule has 0 saturated carbocycles. The van der Waals surface area contributed by atoms with Crippen molar-refractivity contribution in [1.29, 1.82) is 0 Å². The van der Waals surface area contributed by atoms with E-state index in [1.54, 1.807) is 68.6 Å². The molecule has 0 radical (unpaired) electrons. The van der Waals surface area contributed by atoms with Crippen LogP contribution in [0.5, 0.6) is 17.2 Å². The lowest BCUT2D eigenvalue weighted by Crippen LogP contribution is -2.12. The van der Waals surface area contributed by atoms with Gasteiger partial charge in [-0.1, -0.05) is 29.3 Å². The second kappa shape index (κ2) is 10.5. The molecule has 0 aliphatic rings. The molecule has 0 fully saturated rings. The molecule has 9 heteroatoms. The van der Waals surface area contributed by atoms with Gasteiger partial charge in [0.05, 0.1) is 44.8 Å². The number of hydrogen-bond donors (Lipinski definition) is 0. The van der Waals surface area contributed by atoms with Crippen LogP contribution in [0.4, 0.5) is 0 Å². The van der Waals surface area contributed by atoms with Crippen LogP contribution in [0.1, 0.15) is 5.56 Å². The molecule has 3 rings (SSSR count). The molecule has 162 valence electrons. The minimum absolute atomic E-state index is 0.457. The highest BCUT2D eigenvalue weighted by atomic mass is 35.5. The molecule has 0 N–H and O–H groups in total. The van der Waals surface area contributed by atoms with Crippen molar-refractivity contribution in [3.05, 3.63) is 68.8 Å². The summed E-state index contributed by atoms with van der Waals surface area (Å²) in [7, 11) is 4.73. The van der Waals surface area contributed by atoms with E-state index in [4.69, 9.17) is 37.4 Å². The molecule has 0 amide bonds. The summed E-state index contributed by atoms with van der Waals surface area (Å²) in [5.41, 5.74) is 2.22. The van der Waals surface area contributed by atoms with E-state index in [1.807, 2.05) is 5.38 Å². The molecule has 3 aromatic rings. The van der Waals surface area contributed by atoms with Gasteiger partial charge in [-0.05, 0) is 24.3 Å². The summed E-state index contributed by atoms with van der Waals surface area (Å²) in [6.45, 7) is 4.19. The normalized spacial score (nSPS) is 11.7. The van der Waals surface area contributed by atoms with Crippen LogP contribution in [0.25, 0.3) is 11.3 Å². The van der Waals surface area contributed by atoms with E-state index in [1.165, 1.54) is 11.3 Å². The van der Waals surface area contributed by atoms with Gasteiger partial charge in [-0.2, -0.15) is 5.10 Å². The van der Waals surface area contributed by atoms with Crippen molar-refractivity contribution in [3.63, 3.8) is 0 Å². The molecule has 31 heavy (non-hydrogen) atoms. The van der Waals surface area contributed by atoms with Gasteiger partial charge in [-0.25, -0.2) is 4.68 Å². The molecule has 0 unspecified atom stereocenters. The number of thiazole rings is 1. The van der Waals surface area contributed by atoms with Crippen molar-refractivity contribution in [3.8, 4) is 28.5 Å². The topological polar surface area (TPSA) is 57.3 Å². The number of halogens is 2. The first-order valence-electron chi connectivity index (χ1n) is 9.14. The van der Waals surface area contributed by atoms with E-state index >= 15 is 0 Å². The first-order valence-corrected chi connectivity index (χ1v) is 10.8. The summed E-state index contributed by atoms with van der Waals surface area (Å²) in [5, 5.41) is 7.74. The minimum Gasteiger partial charge on any atom is -0.496 e. The zero-order chi connectivity index (χ0) is 22.4. The zero-order valence-corrected chi connectivity index (χ0v) is 19.6. The average Bonchev–Trinajstić information content (AvgIpc) is 3.19. The van der Waals surface area contributed by atoms with Crippen molar-refractivity contribution in [2.75, 3.05) is 27.9 Å². The van der Waals surface area contributed by atoms with Crippen LogP contribution < -0.4 is 19.0 Å². The second-order valence-electron chi connectivity index (χ2n) is 6.16. The summed E-state index contributed by atoms with van der Waals surface area (Å²) in [6, 6.07) is 8.83. The standard InChI is InChI=1S/C22H21Cl2N3O3S/c1-5-8-25-22-27(18(13-31-22)16-10-15(23)6-7-17(16)24)26-12-14-9-20(29-3)21(30-4)11-19(14)28-2/h5-7,9-13H,1,8H2,2-4H3. The Morgan fingerprint density at radius 1 is 1.03 bits per heavy atom. The number of rotatable bonds is 8. The second-order valence-corrected chi connectivity index (χ2v) is 7.84. The molecular formula is C22H21Cl2N3O3S. The van der Waals surface area contributed by atoms with Crippen LogP contribution in [0, 0.1) is 0 Å². The third kappa shape index (κ3) is 5.12. The van der Waals surface area contributed by atoms with Gasteiger partial charge in [0.15, 0.2) is 11.5 Å². The SMILES string of the molecule is C=CCN=c1scc(-c2cc(Cl)ccc2Cl)n1N=Cc1cc(OC)c(OC)cc1OC. The van der Waals surface area contributed by atoms with E-state index in [2.05, 4.69) is 16.7 Å². The average molecular weight is 478 g/mol. The monoisotopic (exact) mass is 477 g/mol. The smallest absolute Gasteiger partial charge is 0.206 e. The fourth-order valence-electron chi connectivity index (χ4n) is 2.81. The lowest BCUT2D eigenvalue weighted by Gasteiger charge is -2.12. The summed E-state index contributed by atoms with van der Waals surface area (Å²) >= 11 is 14.1. The van der Waals surface area contributed by atoms with Gasteiger partial charge in [-0.3, -0.25) is 4.99 Å². The molecule has 2 aromatic carbocycles. The molecular weight excluding hydrogens is 457 g/mol. The van der Waals surface area contributed by atoms with Gasteiger partial charge in [0.1, 0.15) is 5.75 Å². The van der Waals surface area contributed by atoms with E-state index < -0.39 is 0 Å². The van der Waals surface area contributed by atoms with Gasteiger partial charge in [0.25, 0.3) is 0 Å². The van der Waals surface area contributed by atoms with Crippen LogP contribution in [0.2, 0.25) is 10.0 Å².